The van der Waals surface area contributed by atoms with E-state index in [2.05, 4.69) is 65.8 Å². The topological polar surface area (TPSA) is 69.7 Å². The summed E-state index contributed by atoms with van der Waals surface area (Å²) < 4.78 is 21.6. The van der Waals surface area contributed by atoms with Gasteiger partial charge in [-0.05, 0) is 113 Å². The van der Waals surface area contributed by atoms with E-state index >= 15 is 0 Å². The van der Waals surface area contributed by atoms with Crippen molar-refractivity contribution < 1.29 is 23.2 Å². The Hall–Kier alpha value is -3.56. The van der Waals surface area contributed by atoms with Crippen molar-refractivity contribution in [1.29, 1.82) is 0 Å². The van der Waals surface area contributed by atoms with Crippen molar-refractivity contribution >= 4 is 20.2 Å². The van der Waals surface area contributed by atoms with E-state index in [9.17, 15) is 14.2 Å². The minimum atomic E-state index is -2.95. The summed E-state index contributed by atoms with van der Waals surface area (Å²) in [5, 5.41) is 0. The highest BCUT2D eigenvalue weighted by Crippen LogP contribution is 2.41. The van der Waals surface area contributed by atoms with Crippen LogP contribution < -0.4 is 0 Å². The molecule has 0 heterocycles. The number of hydrogen-bond acceptors (Lipinski definition) is 5. The van der Waals surface area contributed by atoms with Crippen molar-refractivity contribution in [2.24, 2.45) is 10.8 Å². The van der Waals surface area contributed by atoms with Crippen LogP contribution in [-0.2, 0) is 23.2 Å². The smallest absolute Gasteiger partial charge is 0.241 e. The lowest BCUT2D eigenvalue weighted by Gasteiger charge is -2.33. The van der Waals surface area contributed by atoms with Gasteiger partial charge in [-0.1, -0.05) is 111 Å². The van der Waals surface area contributed by atoms with Gasteiger partial charge in [-0.2, -0.15) is 9.05 Å². The van der Waals surface area contributed by atoms with Crippen LogP contribution in [0, 0.1) is 10.8 Å². The highest BCUT2D eigenvalue weighted by Gasteiger charge is 2.30. The third kappa shape index (κ3) is 13.4. The summed E-state index contributed by atoms with van der Waals surface area (Å²) in [6, 6.07) is 0. The minimum absolute atomic E-state index is 0.189. The molecule has 6 heteroatoms. The predicted octanol–water partition coefficient (Wildman–Crippen LogP) is 11.8. The molecular formula is C40H54O5P+. The maximum Gasteiger partial charge on any atom is 0.812 e. The van der Waals surface area contributed by atoms with Crippen LogP contribution in [0.15, 0.2) is 117 Å². The Kier molecular flexibility index (Phi) is 15.1. The van der Waals surface area contributed by atoms with Crippen LogP contribution in [0.2, 0.25) is 0 Å². The second kappa shape index (κ2) is 18.0. The van der Waals surface area contributed by atoms with E-state index < -0.39 is 20.2 Å². The van der Waals surface area contributed by atoms with E-state index in [1.807, 2.05) is 38.2 Å². The average molecular weight is 646 g/mol. The summed E-state index contributed by atoms with van der Waals surface area (Å²) in [6.45, 7) is 21.1. The molecule has 0 saturated carbocycles. The van der Waals surface area contributed by atoms with Crippen molar-refractivity contribution in [1.82, 2.24) is 0 Å². The fraction of sp³-hybridized carbons (Fsp3) is 0.450. The molecule has 0 radical (unpaired) electrons. The first-order valence-corrected chi connectivity index (χ1v) is 17.3. The fourth-order valence-corrected chi connectivity index (χ4v) is 6.39. The van der Waals surface area contributed by atoms with Gasteiger partial charge in [0.2, 0.25) is 0 Å². The maximum atomic E-state index is 12.2. The quantitative estimate of drug-likeness (QED) is 0.120. The van der Waals surface area contributed by atoms with Gasteiger partial charge in [-0.3, -0.25) is 0 Å². The fourth-order valence-electron chi connectivity index (χ4n) is 5.95. The molecule has 248 valence electrons. The summed E-state index contributed by atoms with van der Waals surface area (Å²) in [5.74, 6) is -1.70. The lowest BCUT2D eigenvalue weighted by molar-refractivity contribution is -0.132. The van der Waals surface area contributed by atoms with Gasteiger partial charge < -0.3 is 0 Å². The molecule has 0 saturated heterocycles. The van der Waals surface area contributed by atoms with Crippen LogP contribution in [0.5, 0.6) is 0 Å². The van der Waals surface area contributed by atoms with E-state index in [1.165, 1.54) is 60.1 Å². The Morgan fingerprint density at radius 1 is 0.630 bits per heavy atom. The molecule has 0 bridgehead atoms. The second-order valence-electron chi connectivity index (χ2n) is 13.9. The summed E-state index contributed by atoms with van der Waals surface area (Å²) in [6.07, 6.45) is 29.3. The van der Waals surface area contributed by atoms with E-state index in [-0.39, 0.29) is 10.8 Å². The maximum absolute atomic E-state index is 12.2. The number of allylic oxidation sites excluding steroid dienone is 18. The van der Waals surface area contributed by atoms with Crippen molar-refractivity contribution in [2.75, 3.05) is 0 Å². The van der Waals surface area contributed by atoms with Crippen LogP contribution in [0.4, 0.5) is 0 Å². The summed E-state index contributed by atoms with van der Waals surface area (Å²) >= 11 is 0. The first-order chi connectivity index (χ1) is 21.5. The Bertz CT molecular complexity index is 1370. The molecule has 0 fully saturated rings. The van der Waals surface area contributed by atoms with Crippen LogP contribution in [0.1, 0.15) is 108 Å². The zero-order valence-electron chi connectivity index (χ0n) is 29.7. The molecule has 2 rings (SSSR count). The number of hydrogen-bond donors (Lipinski definition) is 0. The number of carbonyl (C=O) groups is 2. The van der Waals surface area contributed by atoms with Gasteiger partial charge >= 0.3 is 20.2 Å². The van der Waals surface area contributed by atoms with Crippen molar-refractivity contribution in [3.8, 4) is 0 Å². The Labute approximate surface area is 278 Å². The third-order valence-corrected chi connectivity index (χ3v) is 9.23. The molecule has 2 aliphatic carbocycles. The Morgan fingerprint density at radius 3 is 1.35 bits per heavy atom. The van der Waals surface area contributed by atoms with Gasteiger partial charge in [-0.15, -0.1) is 0 Å². The Balaban J connectivity index is 1.86. The molecule has 0 atom stereocenters. The highest BCUT2D eigenvalue weighted by molar-refractivity contribution is 7.34. The van der Waals surface area contributed by atoms with E-state index in [0.29, 0.717) is 11.1 Å². The summed E-state index contributed by atoms with van der Waals surface area (Å²) in [7, 11) is -2.95. The number of rotatable bonds is 12. The Morgan fingerprint density at radius 2 is 1.00 bits per heavy atom. The van der Waals surface area contributed by atoms with Crippen LogP contribution in [0.3, 0.4) is 0 Å². The first kappa shape index (κ1) is 38.6. The molecule has 0 amide bonds. The molecule has 0 aromatic carbocycles. The normalized spacial score (nSPS) is 20.4. The number of carbonyl (C=O) groups excluding carboxylic acids is 2. The highest BCUT2D eigenvalue weighted by atomic mass is 31.1. The lowest BCUT2D eigenvalue weighted by atomic mass is 9.72. The molecule has 0 unspecified atom stereocenters. The lowest BCUT2D eigenvalue weighted by Crippen LogP contribution is -2.19. The second-order valence-corrected chi connectivity index (χ2v) is 14.7. The van der Waals surface area contributed by atoms with E-state index in [1.54, 1.807) is 26.0 Å². The minimum Gasteiger partial charge on any atom is -0.241 e. The van der Waals surface area contributed by atoms with Gasteiger partial charge in [-0.25, -0.2) is 9.59 Å². The molecular weight excluding hydrogens is 591 g/mol. The van der Waals surface area contributed by atoms with Crippen molar-refractivity contribution in [2.45, 2.75) is 108 Å². The molecule has 5 nitrogen and oxygen atoms in total. The zero-order chi connectivity index (χ0) is 34.5. The molecule has 46 heavy (non-hydrogen) atoms. The molecule has 0 N–H and O–H groups in total. The average Bonchev–Trinajstić information content (AvgIpc) is 2.91. The van der Waals surface area contributed by atoms with Crippen molar-refractivity contribution in [3.05, 3.63) is 117 Å². The molecule has 0 aromatic heterocycles. The standard InChI is InChI=1S/C40H54O5P/c1-29(21-23-35-33(5)19-13-25-39(35,7)8)15-11-17-31(3)27-37(41)44-46(43)45-38(42)28-32(4)18-12-16-30(2)22-24-36-34(6)20-14-26-40(36,9)10/h11-12,15-18,21-24,27-28H,13-14,19-20,25-26H2,1-10H3/q+1/b17-11+,18-12+,23-21+,24-22+,29-15+,30-16+,31-27+,32-28+. The van der Waals surface area contributed by atoms with Crippen LogP contribution in [0.25, 0.3) is 0 Å². The summed E-state index contributed by atoms with van der Waals surface area (Å²) in [5.41, 5.74) is 9.47. The van der Waals surface area contributed by atoms with E-state index in [0.717, 1.165) is 24.0 Å². The monoisotopic (exact) mass is 645 g/mol. The predicted molar refractivity (Wildman–Crippen MR) is 192 cm³/mol. The van der Waals surface area contributed by atoms with E-state index in [4.69, 9.17) is 9.05 Å². The van der Waals surface area contributed by atoms with Gasteiger partial charge in [0.25, 0.3) is 0 Å². The first-order valence-electron chi connectivity index (χ1n) is 16.2. The molecule has 0 aliphatic heterocycles. The molecule has 0 aromatic rings. The largest absolute Gasteiger partial charge is 0.812 e. The molecule has 0 spiro atoms. The summed E-state index contributed by atoms with van der Waals surface area (Å²) in [4.78, 5) is 24.3. The van der Waals surface area contributed by atoms with Gasteiger partial charge in [0, 0.05) is 16.7 Å². The van der Waals surface area contributed by atoms with Gasteiger partial charge in [0.15, 0.2) is 0 Å². The van der Waals surface area contributed by atoms with Gasteiger partial charge in [0.1, 0.15) is 0 Å². The van der Waals surface area contributed by atoms with Crippen molar-refractivity contribution in [3.63, 3.8) is 0 Å². The van der Waals surface area contributed by atoms with Gasteiger partial charge in [0.05, 0.1) is 0 Å². The van der Waals surface area contributed by atoms with Crippen LogP contribution in [-0.4, -0.2) is 11.9 Å². The SMILES string of the molecule is CC1=C(/C=C/C(C)=C/C=C/C(C)=C/C(=O)O[P+](=O)OC(=O)/C=C(C)/C=C/C=C(C)/C=C/C2=C(C)CCCC2(C)C)C(C)(C)CCC1. The molecule has 2 aliphatic rings. The zero-order valence-corrected chi connectivity index (χ0v) is 30.6. The third-order valence-electron chi connectivity index (χ3n) is 8.57. The van der Waals surface area contributed by atoms with Crippen LogP contribution >= 0.6 is 8.25 Å².